The Morgan fingerprint density at radius 1 is 1.29 bits per heavy atom. The molecule has 0 saturated carbocycles. The summed E-state index contributed by atoms with van der Waals surface area (Å²) in [5.74, 6) is 0. The normalized spacial score (nSPS) is 13.6. The molecule has 1 unspecified atom stereocenters. The summed E-state index contributed by atoms with van der Waals surface area (Å²) in [5.41, 5.74) is 0.699. The number of alkyl halides is 3. The van der Waals surface area contributed by atoms with E-state index in [-0.39, 0.29) is 12.5 Å². The van der Waals surface area contributed by atoms with Crippen molar-refractivity contribution in [2.75, 3.05) is 6.54 Å². The van der Waals surface area contributed by atoms with E-state index in [9.17, 15) is 13.2 Å². The predicted molar refractivity (Wildman–Crippen MR) is 58.4 cm³/mol. The van der Waals surface area contributed by atoms with Gasteiger partial charge in [0.15, 0.2) is 0 Å². The molecule has 0 radical (unpaired) electrons. The number of nitrogens with zero attached hydrogens (tertiary/aromatic N) is 2. The van der Waals surface area contributed by atoms with Crippen molar-refractivity contribution in [3.05, 3.63) is 24.3 Å². The van der Waals surface area contributed by atoms with Gasteiger partial charge < -0.3 is 5.32 Å². The van der Waals surface area contributed by atoms with Gasteiger partial charge in [-0.05, 0) is 19.4 Å². The van der Waals surface area contributed by atoms with Gasteiger partial charge in [-0.2, -0.15) is 13.2 Å². The number of rotatable bonds is 6. The average Bonchev–Trinajstić information content (AvgIpc) is 2.29. The molecule has 1 aromatic rings. The van der Waals surface area contributed by atoms with E-state index in [1.807, 2.05) is 6.92 Å². The minimum Gasteiger partial charge on any atom is -0.310 e. The van der Waals surface area contributed by atoms with Crippen LogP contribution < -0.4 is 5.32 Å². The molecule has 6 heteroatoms. The first kappa shape index (κ1) is 13.9. The zero-order valence-electron chi connectivity index (χ0n) is 9.67. The molecule has 0 fully saturated rings. The second-order valence-electron chi connectivity index (χ2n) is 3.83. The Balaban J connectivity index is 2.61. The monoisotopic (exact) mass is 247 g/mol. The highest BCUT2D eigenvalue weighted by Crippen LogP contribution is 2.27. The minimum absolute atomic E-state index is 0.0108. The van der Waals surface area contributed by atoms with Gasteiger partial charge in [-0.25, -0.2) is 9.97 Å². The van der Waals surface area contributed by atoms with Crippen molar-refractivity contribution >= 4 is 0 Å². The number of hydrogen-bond donors (Lipinski definition) is 1. The Labute approximate surface area is 98.5 Å². The maximum atomic E-state index is 12.2. The van der Waals surface area contributed by atoms with Gasteiger partial charge in [-0.1, -0.05) is 6.92 Å². The third-order valence-electron chi connectivity index (χ3n) is 2.34. The van der Waals surface area contributed by atoms with Crippen LogP contribution >= 0.6 is 0 Å². The van der Waals surface area contributed by atoms with Gasteiger partial charge >= 0.3 is 6.18 Å². The second kappa shape index (κ2) is 6.54. The molecule has 96 valence electrons. The largest absolute Gasteiger partial charge is 0.389 e. The molecule has 0 aliphatic carbocycles. The molecule has 0 aliphatic heterocycles. The van der Waals surface area contributed by atoms with Gasteiger partial charge in [0.1, 0.15) is 6.33 Å². The van der Waals surface area contributed by atoms with Crippen molar-refractivity contribution in [1.29, 1.82) is 0 Å². The first-order valence-electron chi connectivity index (χ1n) is 5.58. The Bertz CT molecular complexity index is 313. The summed E-state index contributed by atoms with van der Waals surface area (Å²) < 4.78 is 36.6. The average molecular weight is 247 g/mol. The molecular weight excluding hydrogens is 231 g/mol. The Morgan fingerprint density at radius 3 is 2.47 bits per heavy atom. The van der Waals surface area contributed by atoms with Crippen molar-refractivity contribution in [3.8, 4) is 0 Å². The molecule has 0 bridgehead atoms. The Hall–Kier alpha value is -1.17. The van der Waals surface area contributed by atoms with Crippen LogP contribution in [0.5, 0.6) is 0 Å². The van der Waals surface area contributed by atoms with Crippen molar-refractivity contribution in [2.24, 2.45) is 0 Å². The standard InChI is InChI=1S/C11H16F3N3/c1-2-5-17-10(3-4-11(12,13)14)9-6-15-8-16-7-9/h6-8,10,17H,2-5H2,1H3. The van der Waals surface area contributed by atoms with Gasteiger partial charge in [0.25, 0.3) is 0 Å². The van der Waals surface area contributed by atoms with Crippen LogP contribution in [-0.2, 0) is 0 Å². The molecule has 1 heterocycles. The molecule has 0 aromatic carbocycles. The van der Waals surface area contributed by atoms with Crippen LogP contribution in [0.1, 0.15) is 37.8 Å². The zero-order chi connectivity index (χ0) is 12.7. The van der Waals surface area contributed by atoms with E-state index < -0.39 is 12.6 Å². The third kappa shape index (κ3) is 5.63. The van der Waals surface area contributed by atoms with Crippen LogP contribution in [0.15, 0.2) is 18.7 Å². The van der Waals surface area contributed by atoms with Gasteiger partial charge in [0.05, 0.1) is 0 Å². The van der Waals surface area contributed by atoms with E-state index >= 15 is 0 Å². The molecule has 0 saturated heterocycles. The van der Waals surface area contributed by atoms with Crippen LogP contribution in [0.25, 0.3) is 0 Å². The van der Waals surface area contributed by atoms with Crippen molar-refractivity contribution in [2.45, 2.75) is 38.4 Å². The van der Waals surface area contributed by atoms with E-state index in [0.29, 0.717) is 12.1 Å². The van der Waals surface area contributed by atoms with Gasteiger partial charge in [-0.15, -0.1) is 0 Å². The molecule has 17 heavy (non-hydrogen) atoms. The highest BCUT2D eigenvalue weighted by atomic mass is 19.4. The van der Waals surface area contributed by atoms with Crippen molar-refractivity contribution in [3.63, 3.8) is 0 Å². The number of aromatic nitrogens is 2. The zero-order valence-corrected chi connectivity index (χ0v) is 9.67. The fourth-order valence-electron chi connectivity index (χ4n) is 1.50. The SMILES string of the molecule is CCCNC(CCC(F)(F)F)c1cncnc1. The summed E-state index contributed by atoms with van der Waals surface area (Å²) in [6.07, 6.45) is 0.426. The van der Waals surface area contributed by atoms with Crippen molar-refractivity contribution in [1.82, 2.24) is 15.3 Å². The first-order chi connectivity index (χ1) is 8.03. The molecule has 1 rings (SSSR count). The molecule has 0 amide bonds. The molecule has 3 nitrogen and oxygen atoms in total. The fraction of sp³-hybridized carbons (Fsp3) is 0.636. The summed E-state index contributed by atoms with van der Waals surface area (Å²) in [5, 5.41) is 3.08. The van der Waals surface area contributed by atoms with Gasteiger partial charge in [0.2, 0.25) is 0 Å². The van der Waals surface area contributed by atoms with E-state index in [2.05, 4.69) is 15.3 Å². The molecule has 1 N–H and O–H groups in total. The van der Waals surface area contributed by atoms with E-state index in [1.54, 1.807) is 12.4 Å². The number of halogens is 3. The van der Waals surface area contributed by atoms with E-state index in [4.69, 9.17) is 0 Å². The Kier molecular flexibility index (Phi) is 5.34. The smallest absolute Gasteiger partial charge is 0.310 e. The number of nitrogens with one attached hydrogen (secondary N) is 1. The minimum atomic E-state index is -4.12. The third-order valence-corrected chi connectivity index (χ3v) is 2.34. The fourth-order valence-corrected chi connectivity index (χ4v) is 1.50. The van der Waals surface area contributed by atoms with Crippen LogP contribution in [0, 0.1) is 0 Å². The quantitative estimate of drug-likeness (QED) is 0.840. The lowest BCUT2D eigenvalue weighted by Crippen LogP contribution is -2.24. The Morgan fingerprint density at radius 2 is 1.94 bits per heavy atom. The molecule has 0 spiro atoms. The predicted octanol–water partition coefficient (Wildman–Crippen LogP) is 2.86. The molecule has 1 aromatic heterocycles. The van der Waals surface area contributed by atoms with E-state index in [0.717, 1.165) is 6.42 Å². The van der Waals surface area contributed by atoms with Crippen LogP contribution in [0.2, 0.25) is 0 Å². The first-order valence-corrected chi connectivity index (χ1v) is 5.58. The van der Waals surface area contributed by atoms with Crippen LogP contribution in [-0.4, -0.2) is 22.7 Å². The summed E-state index contributed by atoms with van der Waals surface area (Å²) in [6.45, 7) is 2.65. The molecule has 1 atom stereocenters. The topological polar surface area (TPSA) is 37.8 Å². The highest BCUT2D eigenvalue weighted by Gasteiger charge is 2.28. The summed E-state index contributed by atoms with van der Waals surface area (Å²) in [4.78, 5) is 7.65. The molecule has 0 aliphatic rings. The molecular formula is C11H16F3N3. The maximum absolute atomic E-state index is 12.2. The van der Waals surface area contributed by atoms with Gasteiger partial charge in [-0.3, -0.25) is 0 Å². The van der Waals surface area contributed by atoms with Crippen LogP contribution in [0.4, 0.5) is 13.2 Å². The second-order valence-corrected chi connectivity index (χ2v) is 3.83. The summed E-state index contributed by atoms with van der Waals surface area (Å²) in [7, 11) is 0. The van der Waals surface area contributed by atoms with E-state index in [1.165, 1.54) is 6.33 Å². The summed E-state index contributed by atoms with van der Waals surface area (Å²) in [6, 6.07) is -0.335. The maximum Gasteiger partial charge on any atom is 0.389 e. The summed E-state index contributed by atoms with van der Waals surface area (Å²) >= 11 is 0. The van der Waals surface area contributed by atoms with Crippen LogP contribution in [0.3, 0.4) is 0 Å². The lowest BCUT2D eigenvalue weighted by atomic mass is 10.0. The lowest BCUT2D eigenvalue weighted by molar-refractivity contribution is -0.136. The van der Waals surface area contributed by atoms with Gasteiger partial charge in [0, 0.05) is 30.4 Å². The highest BCUT2D eigenvalue weighted by molar-refractivity contribution is 5.09. The lowest BCUT2D eigenvalue weighted by Gasteiger charge is -2.18. The number of hydrogen-bond acceptors (Lipinski definition) is 3. The van der Waals surface area contributed by atoms with Crippen molar-refractivity contribution < 1.29 is 13.2 Å².